The maximum atomic E-state index is 13.3. The Bertz CT molecular complexity index is 689. The Morgan fingerprint density at radius 1 is 1.09 bits per heavy atom. The van der Waals surface area contributed by atoms with Crippen molar-refractivity contribution in [2.45, 2.75) is 13.0 Å². The van der Waals surface area contributed by atoms with Gasteiger partial charge in [0.2, 0.25) is 0 Å². The van der Waals surface area contributed by atoms with Crippen LogP contribution in [-0.4, -0.2) is 24.5 Å². The summed E-state index contributed by atoms with van der Waals surface area (Å²) in [5.41, 5.74) is 0.474. The molecule has 2 rings (SSSR count). The lowest BCUT2D eigenvalue weighted by atomic mass is 10.1. The summed E-state index contributed by atoms with van der Waals surface area (Å²) >= 11 is 0. The molecule has 1 amide bonds. The van der Waals surface area contributed by atoms with Gasteiger partial charge in [-0.2, -0.15) is 0 Å². The SMILES string of the molecule is CC(c1ccc(F)c(F)c1)N(C)C(=O)COc1ccc(F)cc1. The Labute approximate surface area is 132 Å². The first-order valence-electron chi connectivity index (χ1n) is 6.97. The van der Waals surface area contributed by atoms with Gasteiger partial charge in [-0.25, -0.2) is 13.2 Å². The predicted octanol–water partition coefficient (Wildman–Crippen LogP) is 3.70. The number of hydrogen-bond donors (Lipinski definition) is 0. The molecule has 23 heavy (non-hydrogen) atoms. The highest BCUT2D eigenvalue weighted by Gasteiger charge is 2.19. The molecule has 0 fully saturated rings. The first-order valence-corrected chi connectivity index (χ1v) is 6.97. The van der Waals surface area contributed by atoms with Gasteiger partial charge in [-0.1, -0.05) is 6.07 Å². The van der Waals surface area contributed by atoms with Gasteiger partial charge in [0.05, 0.1) is 6.04 Å². The molecule has 0 heterocycles. The maximum Gasteiger partial charge on any atom is 0.260 e. The molecule has 0 aromatic heterocycles. The van der Waals surface area contributed by atoms with Crippen LogP contribution in [0.4, 0.5) is 13.2 Å². The third-order valence-corrected chi connectivity index (χ3v) is 3.58. The number of amides is 1. The van der Waals surface area contributed by atoms with Gasteiger partial charge >= 0.3 is 0 Å². The van der Waals surface area contributed by atoms with Crippen LogP contribution in [0.25, 0.3) is 0 Å². The van der Waals surface area contributed by atoms with Crippen LogP contribution in [0.3, 0.4) is 0 Å². The summed E-state index contributed by atoms with van der Waals surface area (Å²) in [6, 6.07) is 8.35. The fraction of sp³-hybridized carbons (Fsp3) is 0.235. The van der Waals surface area contributed by atoms with E-state index in [4.69, 9.17) is 4.74 Å². The van der Waals surface area contributed by atoms with Crippen molar-refractivity contribution >= 4 is 5.91 Å². The molecule has 0 spiro atoms. The Morgan fingerprint density at radius 3 is 2.35 bits per heavy atom. The van der Waals surface area contributed by atoms with Crippen molar-refractivity contribution in [2.24, 2.45) is 0 Å². The van der Waals surface area contributed by atoms with Crippen LogP contribution < -0.4 is 4.74 Å². The van der Waals surface area contributed by atoms with Gasteiger partial charge in [0.15, 0.2) is 18.2 Å². The largest absolute Gasteiger partial charge is 0.484 e. The predicted molar refractivity (Wildman–Crippen MR) is 79.4 cm³/mol. The summed E-state index contributed by atoms with van der Waals surface area (Å²) in [6.45, 7) is 1.46. The van der Waals surface area contributed by atoms with E-state index in [2.05, 4.69) is 0 Å². The lowest BCUT2D eigenvalue weighted by Crippen LogP contribution is -2.33. The molecule has 2 aromatic carbocycles. The first-order chi connectivity index (χ1) is 10.9. The zero-order valence-corrected chi connectivity index (χ0v) is 12.7. The number of nitrogens with zero attached hydrogens (tertiary/aromatic N) is 1. The normalized spacial score (nSPS) is 11.9. The monoisotopic (exact) mass is 323 g/mol. The summed E-state index contributed by atoms with van der Waals surface area (Å²) in [5, 5.41) is 0. The van der Waals surface area contributed by atoms with Crippen LogP contribution in [0.2, 0.25) is 0 Å². The van der Waals surface area contributed by atoms with Crippen molar-refractivity contribution in [2.75, 3.05) is 13.7 Å². The second-order valence-electron chi connectivity index (χ2n) is 5.10. The van der Waals surface area contributed by atoms with Gasteiger partial charge in [0, 0.05) is 7.05 Å². The van der Waals surface area contributed by atoms with Gasteiger partial charge in [-0.15, -0.1) is 0 Å². The number of carbonyl (C=O) groups is 1. The van der Waals surface area contributed by atoms with Crippen LogP contribution in [0.5, 0.6) is 5.75 Å². The van der Waals surface area contributed by atoms with Gasteiger partial charge in [0.1, 0.15) is 11.6 Å². The number of ether oxygens (including phenoxy) is 1. The average molecular weight is 323 g/mol. The first kappa shape index (κ1) is 16.9. The maximum absolute atomic E-state index is 13.3. The molecule has 122 valence electrons. The fourth-order valence-corrected chi connectivity index (χ4v) is 1.99. The minimum Gasteiger partial charge on any atom is -0.484 e. The van der Waals surface area contributed by atoms with E-state index in [1.165, 1.54) is 35.2 Å². The fourth-order valence-electron chi connectivity index (χ4n) is 1.99. The van der Waals surface area contributed by atoms with E-state index in [1.54, 1.807) is 14.0 Å². The van der Waals surface area contributed by atoms with Crippen LogP contribution in [-0.2, 0) is 4.79 Å². The van der Waals surface area contributed by atoms with Crippen LogP contribution >= 0.6 is 0 Å². The number of carbonyl (C=O) groups excluding carboxylic acids is 1. The van der Waals surface area contributed by atoms with Gasteiger partial charge in [0.25, 0.3) is 5.91 Å². The minimum atomic E-state index is -0.960. The van der Waals surface area contributed by atoms with Crippen molar-refractivity contribution in [1.29, 1.82) is 0 Å². The van der Waals surface area contributed by atoms with E-state index >= 15 is 0 Å². The lowest BCUT2D eigenvalue weighted by Gasteiger charge is -2.25. The molecule has 0 radical (unpaired) electrons. The number of likely N-dealkylation sites (N-methyl/N-ethyl adjacent to an activating group) is 1. The van der Waals surface area contributed by atoms with Crippen molar-refractivity contribution in [3.05, 3.63) is 65.5 Å². The van der Waals surface area contributed by atoms with E-state index in [0.717, 1.165) is 12.1 Å². The van der Waals surface area contributed by atoms with E-state index in [1.807, 2.05) is 0 Å². The second-order valence-corrected chi connectivity index (χ2v) is 5.10. The quantitative estimate of drug-likeness (QED) is 0.840. The van der Waals surface area contributed by atoms with E-state index in [0.29, 0.717) is 11.3 Å². The summed E-state index contributed by atoms with van der Waals surface area (Å²) in [5.74, 6) is -2.26. The average Bonchev–Trinajstić information content (AvgIpc) is 2.55. The highest BCUT2D eigenvalue weighted by atomic mass is 19.2. The number of halogens is 3. The summed E-state index contributed by atoms with van der Waals surface area (Å²) in [6.07, 6.45) is 0. The van der Waals surface area contributed by atoms with Gasteiger partial charge in [-0.3, -0.25) is 4.79 Å². The van der Waals surface area contributed by atoms with Crippen molar-refractivity contribution in [1.82, 2.24) is 4.90 Å². The highest BCUT2D eigenvalue weighted by molar-refractivity contribution is 5.78. The molecule has 6 heteroatoms. The highest BCUT2D eigenvalue weighted by Crippen LogP contribution is 2.21. The molecule has 0 aliphatic carbocycles. The van der Waals surface area contributed by atoms with Gasteiger partial charge in [-0.05, 0) is 48.9 Å². The van der Waals surface area contributed by atoms with Crippen molar-refractivity contribution in [3.8, 4) is 5.75 Å². The van der Waals surface area contributed by atoms with E-state index < -0.39 is 23.5 Å². The number of benzene rings is 2. The molecular formula is C17H16F3NO2. The Morgan fingerprint density at radius 2 is 1.74 bits per heavy atom. The van der Waals surface area contributed by atoms with Crippen LogP contribution in [0, 0.1) is 17.5 Å². The number of rotatable bonds is 5. The van der Waals surface area contributed by atoms with Crippen LogP contribution in [0.15, 0.2) is 42.5 Å². The van der Waals surface area contributed by atoms with Crippen molar-refractivity contribution < 1.29 is 22.7 Å². The standard InChI is InChI=1S/C17H16F3NO2/c1-11(12-3-8-15(19)16(20)9-12)21(2)17(22)10-23-14-6-4-13(18)5-7-14/h3-9,11H,10H2,1-2H3. The lowest BCUT2D eigenvalue weighted by molar-refractivity contribution is -0.134. The molecule has 2 aromatic rings. The van der Waals surface area contributed by atoms with Gasteiger partial charge < -0.3 is 9.64 Å². The smallest absolute Gasteiger partial charge is 0.260 e. The summed E-state index contributed by atoms with van der Waals surface area (Å²) in [4.78, 5) is 13.5. The molecule has 0 saturated carbocycles. The summed E-state index contributed by atoms with van der Waals surface area (Å²) in [7, 11) is 1.54. The molecule has 1 atom stereocenters. The molecule has 0 bridgehead atoms. The minimum absolute atomic E-state index is 0.240. The topological polar surface area (TPSA) is 29.5 Å². The molecule has 0 aliphatic heterocycles. The molecule has 0 aliphatic rings. The third kappa shape index (κ3) is 4.25. The Kier molecular flexibility index (Phi) is 5.26. The third-order valence-electron chi connectivity index (χ3n) is 3.58. The molecule has 1 unspecified atom stereocenters. The van der Waals surface area contributed by atoms with E-state index in [9.17, 15) is 18.0 Å². The molecular weight excluding hydrogens is 307 g/mol. The van der Waals surface area contributed by atoms with Crippen molar-refractivity contribution in [3.63, 3.8) is 0 Å². The van der Waals surface area contributed by atoms with Crippen LogP contribution in [0.1, 0.15) is 18.5 Å². The number of hydrogen-bond acceptors (Lipinski definition) is 2. The Balaban J connectivity index is 1.97. The Hall–Kier alpha value is -2.50. The zero-order valence-electron chi connectivity index (χ0n) is 12.7. The van der Waals surface area contributed by atoms with E-state index in [-0.39, 0.29) is 12.5 Å². The second kappa shape index (κ2) is 7.17. The molecule has 3 nitrogen and oxygen atoms in total. The molecule has 0 N–H and O–H groups in total. The zero-order chi connectivity index (χ0) is 17.0. The summed E-state index contributed by atoms with van der Waals surface area (Å²) < 4.78 is 44.3. The molecule has 0 saturated heterocycles.